The molecule has 1 fully saturated rings. The van der Waals surface area contributed by atoms with E-state index in [1.165, 1.54) is 11.3 Å². The van der Waals surface area contributed by atoms with Crippen molar-refractivity contribution in [3.8, 4) is 11.6 Å². The summed E-state index contributed by atoms with van der Waals surface area (Å²) >= 11 is 0. The molecular weight excluding hydrogens is 384 g/mol. The number of pyridine rings is 1. The minimum atomic E-state index is 0.434. The number of benzene rings is 2. The van der Waals surface area contributed by atoms with Gasteiger partial charge in [0, 0.05) is 59.5 Å². The average Bonchev–Trinajstić information content (AvgIpc) is 3.62. The van der Waals surface area contributed by atoms with Crippen LogP contribution >= 0.6 is 0 Å². The van der Waals surface area contributed by atoms with Crippen molar-refractivity contribution in [3.63, 3.8) is 0 Å². The van der Waals surface area contributed by atoms with Gasteiger partial charge in [-0.25, -0.2) is 4.98 Å². The molecule has 31 heavy (non-hydrogen) atoms. The van der Waals surface area contributed by atoms with Crippen LogP contribution in [0.4, 0.5) is 5.69 Å². The van der Waals surface area contributed by atoms with E-state index in [0.717, 1.165) is 53.3 Å². The Hall–Kier alpha value is -3.34. The molecule has 158 valence electrons. The second-order valence-corrected chi connectivity index (χ2v) is 8.51. The predicted octanol–water partition coefficient (Wildman–Crippen LogP) is 5.33. The molecule has 0 bridgehead atoms. The smallest absolute Gasteiger partial charge is 0.227 e. The van der Waals surface area contributed by atoms with E-state index in [4.69, 9.17) is 10.5 Å². The van der Waals surface area contributed by atoms with Crippen molar-refractivity contribution < 1.29 is 4.74 Å². The highest BCUT2D eigenvalue weighted by molar-refractivity contribution is 6.11. The molecule has 1 saturated carbocycles. The van der Waals surface area contributed by atoms with Crippen LogP contribution in [0, 0.1) is 0 Å². The fourth-order valence-electron chi connectivity index (χ4n) is 4.20. The second-order valence-electron chi connectivity index (χ2n) is 8.51. The molecule has 2 heterocycles. The number of hydrogen-bond acceptors (Lipinski definition) is 5. The highest BCUT2D eigenvalue weighted by atomic mass is 16.5. The second kappa shape index (κ2) is 8.06. The number of aromatic nitrogens is 1. The van der Waals surface area contributed by atoms with Crippen molar-refractivity contribution in [1.82, 2.24) is 4.98 Å². The van der Waals surface area contributed by atoms with E-state index in [0.29, 0.717) is 18.0 Å². The molecule has 0 saturated heterocycles. The summed E-state index contributed by atoms with van der Waals surface area (Å²) in [6, 6.07) is 15.4. The standard InChI is InChI=1S/C26H28N4O/c1-17-7-10-23-24(30(17)2)12-11-21(19(15-27)16-29-20-8-9-20)25(23)31-26-22-6-4-3-5-18(22)13-14-28-26/h3-6,11-17,20H,7-10,27H2,1-2H3. The summed E-state index contributed by atoms with van der Waals surface area (Å²) < 4.78 is 6.61. The number of rotatable bonds is 5. The minimum absolute atomic E-state index is 0.434. The molecule has 2 N–H and O–H groups in total. The minimum Gasteiger partial charge on any atom is -0.437 e. The summed E-state index contributed by atoms with van der Waals surface area (Å²) in [5.41, 5.74) is 10.3. The molecule has 2 aliphatic rings. The van der Waals surface area contributed by atoms with Gasteiger partial charge in [0.05, 0.1) is 6.04 Å². The van der Waals surface area contributed by atoms with Gasteiger partial charge in [0.15, 0.2) is 0 Å². The highest BCUT2D eigenvalue weighted by Crippen LogP contribution is 2.43. The largest absolute Gasteiger partial charge is 0.437 e. The summed E-state index contributed by atoms with van der Waals surface area (Å²) in [4.78, 5) is 11.6. The zero-order chi connectivity index (χ0) is 21.4. The molecule has 2 aromatic carbocycles. The molecule has 1 aromatic heterocycles. The maximum absolute atomic E-state index is 6.61. The molecule has 1 aliphatic heterocycles. The molecule has 1 aliphatic carbocycles. The van der Waals surface area contributed by atoms with Crippen LogP contribution in [0.15, 0.2) is 59.9 Å². The fraction of sp³-hybridized carbons (Fsp3) is 0.308. The Bertz CT molecular complexity index is 1170. The Kier molecular flexibility index (Phi) is 5.10. The molecule has 5 rings (SSSR count). The molecule has 1 unspecified atom stereocenters. The molecule has 0 spiro atoms. The van der Waals surface area contributed by atoms with E-state index in [-0.39, 0.29) is 0 Å². The van der Waals surface area contributed by atoms with Crippen molar-refractivity contribution in [3.05, 3.63) is 66.0 Å². The summed E-state index contributed by atoms with van der Waals surface area (Å²) in [6.45, 7) is 2.26. The van der Waals surface area contributed by atoms with Gasteiger partial charge in [0.25, 0.3) is 0 Å². The first kappa shape index (κ1) is 19.6. The van der Waals surface area contributed by atoms with Gasteiger partial charge in [-0.1, -0.05) is 18.2 Å². The SMILES string of the molecule is CC1CCc2c(ccc(C(C=NC3CC3)=CN)c2Oc2nccc3ccccc23)N1C. The third-order valence-electron chi connectivity index (χ3n) is 6.39. The van der Waals surface area contributed by atoms with Crippen molar-refractivity contribution >= 4 is 28.2 Å². The number of ether oxygens (including phenoxy) is 1. The lowest BCUT2D eigenvalue weighted by Crippen LogP contribution is -2.33. The van der Waals surface area contributed by atoms with Crippen molar-refractivity contribution in [2.45, 2.75) is 44.7 Å². The zero-order valence-corrected chi connectivity index (χ0v) is 18.1. The van der Waals surface area contributed by atoms with Crippen molar-refractivity contribution in [2.24, 2.45) is 10.7 Å². The first-order valence-electron chi connectivity index (χ1n) is 11.0. The van der Waals surface area contributed by atoms with E-state index in [1.54, 1.807) is 12.4 Å². The quantitative estimate of drug-likeness (QED) is 0.575. The number of aliphatic imine (C=N–C) groups is 1. The van der Waals surface area contributed by atoms with E-state index in [9.17, 15) is 0 Å². The number of allylic oxidation sites excluding steroid dienone is 1. The number of nitrogens with two attached hydrogens (primary N) is 1. The van der Waals surface area contributed by atoms with E-state index in [2.05, 4.69) is 53.1 Å². The summed E-state index contributed by atoms with van der Waals surface area (Å²) in [6.07, 6.45) is 9.67. The van der Waals surface area contributed by atoms with Crippen LogP contribution in [0.25, 0.3) is 16.3 Å². The van der Waals surface area contributed by atoms with Gasteiger partial charge < -0.3 is 15.4 Å². The summed E-state index contributed by atoms with van der Waals surface area (Å²) in [5, 5.41) is 2.10. The van der Waals surface area contributed by atoms with Crippen LogP contribution < -0.4 is 15.4 Å². The molecule has 5 nitrogen and oxygen atoms in total. The monoisotopic (exact) mass is 412 g/mol. The van der Waals surface area contributed by atoms with Gasteiger partial charge in [-0.3, -0.25) is 4.99 Å². The summed E-state index contributed by atoms with van der Waals surface area (Å²) in [5.74, 6) is 1.45. The lowest BCUT2D eigenvalue weighted by molar-refractivity contribution is 0.455. The first-order chi connectivity index (χ1) is 15.2. The fourth-order valence-corrected chi connectivity index (χ4v) is 4.20. The van der Waals surface area contributed by atoms with Gasteiger partial charge in [-0.2, -0.15) is 0 Å². The maximum Gasteiger partial charge on any atom is 0.227 e. The van der Waals surface area contributed by atoms with Gasteiger partial charge in [-0.15, -0.1) is 0 Å². The molecule has 0 amide bonds. The van der Waals surface area contributed by atoms with Gasteiger partial charge in [-0.05, 0) is 62.3 Å². The van der Waals surface area contributed by atoms with Crippen molar-refractivity contribution in [1.29, 1.82) is 0 Å². The van der Waals surface area contributed by atoms with Crippen LogP contribution in [-0.4, -0.2) is 30.3 Å². The lowest BCUT2D eigenvalue weighted by Gasteiger charge is -2.35. The third-order valence-corrected chi connectivity index (χ3v) is 6.39. The normalized spacial score (nSPS) is 19.1. The molecule has 3 aromatic rings. The lowest BCUT2D eigenvalue weighted by atomic mass is 9.92. The van der Waals surface area contributed by atoms with Crippen LogP contribution in [0.5, 0.6) is 11.6 Å². The molecule has 5 heteroatoms. The zero-order valence-electron chi connectivity index (χ0n) is 18.1. The van der Waals surface area contributed by atoms with Gasteiger partial charge in [0.2, 0.25) is 5.88 Å². The summed E-state index contributed by atoms with van der Waals surface area (Å²) in [7, 11) is 2.15. The van der Waals surface area contributed by atoms with E-state index < -0.39 is 0 Å². The Morgan fingerprint density at radius 1 is 1.16 bits per heavy atom. The number of fused-ring (bicyclic) bond motifs is 2. The average molecular weight is 413 g/mol. The van der Waals surface area contributed by atoms with Gasteiger partial charge >= 0.3 is 0 Å². The topological polar surface area (TPSA) is 63.7 Å². The van der Waals surface area contributed by atoms with Crippen LogP contribution in [0.3, 0.4) is 0 Å². The highest BCUT2D eigenvalue weighted by Gasteiger charge is 2.27. The Balaban J connectivity index is 1.65. The Labute approximate surface area is 183 Å². The predicted molar refractivity (Wildman–Crippen MR) is 128 cm³/mol. The first-order valence-corrected chi connectivity index (χ1v) is 11.0. The van der Waals surface area contributed by atoms with E-state index >= 15 is 0 Å². The molecular formula is C26H28N4O. The van der Waals surface area contributed by atoms with Crippen LogP contribution in [-0.2, 0) is 6.42 Å². The Morgan fingerprint density at radius 3 is 2.81 bits per heavy atom. The van der Waals surface area contributed by atoms with Crippen molar-refractivity contribution in [2.75, 3.05) is 11.9 Å². The molecule has 0 radical (unpaired) electrons. The van der Waals surface area contributed by atoms with E-state index in [1.807, 2.05) is 24.4 Å². The Morgan fingerprint density at radius 2 is 2.00 bits per heavy atom. The van der Waals surface area contributed by atoms with Crippen LogP contribution in [0.1, 0.15) is 37.3 Å². The third kappa shape index (κ3) is 3.76. The molecule has 1 atom stereocenters. The maximum atomic E-state index is 6.61. The number of hydrogen-bond donors (Lipinski definition) is 1. The number of anilines is 1. The van der Waals surface area contributed by atoms with Gasteiger partial charge in [0.1, 0.15) is 5.75 Å². The van der Waals surface area contributed by atoms with Crippen LogP contribution in [0.2, 0.25) is 0 Å². The number of nitrogens with zero attached hydrogens (tertiary/aromatic N) is 3.